The summed E-state index contributed by atoms with van der Waals surface area (Å²) in [6.45, 7) is 6.26. The van der Waals surface area contributed by atoms with Crippen LogP contribution in [0.3, 0.4) is 0 Å². The van der Waals surface area contributed by atoms with Gasteiger partial charge < -0.3 is 15.4 Å². The average Bonchev–Trinajstić information content (AvgIpc) is 3.14. The zero-order valence-electron chi connectivity index (χ0n) is 16.0. The Hall–Kier alpha value is -2.29. The number of aliphatic imine (C=N–C) groups is 1. The van der Waals surface area contributed by atoms with Crippen LogP contribution in [0.2, 0.25) is 0 Å². The number of rotatable bonds is 9. The van der Waals surface area contributed by atoms with E-state index in [1.54, 1.807) is 0 Å². The molecule has 0 radical (unpaired) electrons. The van der Waals surface area contributed by atoms with E-state index < -0.39 is 11.9 Å². The van der Waals surface area contributed by atoms with E-state index in [1.807, 2.05) is 31.2 Å². The summed E-state index contributed by atoms with van der Waals surface area (Å²) in [6, 6.07) is 7.77. The predicted molar refractivity (Wildman–Crippen MR) is 106 cm³/mol. The molecule has 9 heteroatoms. The fourth-order valence-electron chi connectivity index (χ4n) is 2.31. The fourth-order valence-corrected chi connectivity index (χ4v) is 3.11. The maximum absolute atomic E-state index is 12.6. The second-order valence-electron chi connectivity index (χ2n) is 5.99. The molecule has 0 fully saturated rings. The lowest BCUT2D eigenvalue weighted by atomic mass is 10.2. The van der Waals surface area contributed by atoms with Gasteiger partial charge in [-0.25, -0.2) is 9.98 Å². The highest BCUT2D eigenvalue weighted by atomic mass is 32.1. The minimum Gasteiger partial charge on any atom is -0.494 e. The summed E-state index contributed by atoms with van der Waals surface area (Å²) in [5.41, 5.74) is 0.179. The van der Waals surface area contributed by atoms with Gasteiger partial charge >= 0.3 is 6.18 Å². The van der Waals surface area contributed by atoms with Gasteiger partial charge in [0.1, 0.15) is 5.75 Å². The van der Waals surface area contributed by atoms with Crippen LogP contribution in [0.5, 0.6) is 5.75 Å². The van der Waals surface area contributed by atoms with Gasteiger partial charge in [-0.2, -0.15) is 13.2 Å². The van der Waals surface area contributed by atoms with Crippen LogP contribution in [-0.4, -0.2) is 30.6 Å². The molecule has 0 unspecified atom stereocenters. The highest BCUT2D eigenvalue weighted by Crippen LogP contribution is 2.30. The van der Waals surface area contributed by atoms with Gasteiger partial charge in [-0.15, -0.1) is 11.3 Å². The number of nitrogens with one attached hydrogen (secondary N) is 2. The van der Waals surface area contributed by atoms with Crippen LogP contribution in [-0.2, 0) is 19.1 Å². The van der Waals surface area contributed by atoms with Gasteiger partial charge in [0.05, 0.1) is 18.2 Å². The van der Waals surface area contributed by atoms with E-state index in [-0.39, 0.29) is 0 Å². The monoisotopic (exact) mass is 414 g/mol. The molecule has 2 rings (SSSR count). The van der Waals surface area contributed by atoms with Gasteiger partial charge in [-0.3, -0.25) is 0 Å². The molecule has 5 nitrogen and oxygen atoms in total. The molecule has 154 valence electrons. The van der Waals surface area contributed by atoms with E-state index in [4.69, 9.17) is 4.74 Å². The van der Waals surface area contributed by atoms with Crippen molar-refractivity contribution in [3.63, 3.8) is 0 Å². The van der Waals surface area contributed by atoms with Crippen LogP contribution in [0.25, 0.3) is 0 Å². The molecule has 0 aliphatic carbocycles. The number of guanidine groups is 1. The van der Waals surface area contributed by atoms with Crippen LogP contribution in [0.4, 0.5) is 13.2 Å². The number of aromatic nitrogens is 1. The van der Waals surface area contributed by atoms with Crippen LogP contribution < -0.4 is 15.4 Å². The van der Waals surface area contributed by atoms with Crippen molar-refractivity contribution < 1.29 is 17.9 Å². The van der Waals surface area contributed by atoms with Crippen molar-refractivity contribution in [2.45, 2.75) is 39.4 Å². The Labute approximate surface area is 167 Å². The molecule has 0 aliphatic rings. The van der Waals surface area contributed by atoms with Crippen LogP contribution in [0.15, 0.2) is 34.6 Å². The molecule has 1 aromatic carbocycles. The normalized spacial score (nSPS) is 12.1. The van der Waals surface area contributed by atoms with Crippen molar-refractivity contribution in [1.29, 1.82) is 0 Å². The minimum atomic E-state index is -4.39. The van der Waals surface area contributed by atoms with Crippen molar-refractivity contribution in [3.05, 3.63) is 45.9 Å². The smallest absolute Gasteiger partial charge is 0.434 e. The molecule has 1 aromatic heterocycles. The number of alkyl halides is 3. The molecular weight excluding hydrogens is 389 g/mol. The Kier molecular flexibility index (Phi) is 8.56. The van der Waals surface area contributed by atoms with Crippen molar-refractivity contribution in [2.75, 3.05) is 19.7 Å². The third-order valence-electron chi connectivity index (χ3n) is 3.61. The largest absolute Gasteiger partial charge is 0.494 e. The van der Waals surface area contributed by atoms with Crippen molar-refractivity contribution in [3.8, 4) is 5.75 Å². The van der Waals surface area contributed by atoms with E-state index >= 15 is 0 Å². The summed E-state index contributed by atoms with van der Waals surface area (Å²) >= 11 is 1.01. The third kappa shape index (κ3) is 7.38. The topological polar surface area (TPSA) is 58.5 Å². The van der Waals surface area contributed by atoms with E-state index in [1.165, 1.54) is 0 Å². The highest BCUT2D eigenvalue weighted by Gasteiger charge is 2.33. The Morgan fingerprint density at radius 2 is 2.07 bits per heavy atom. The van der Waals surface area contributed by atoms with Crippen molar-refractivity contribution in [1.82, 2.24) is 15.6 Å². The predicted octanol–water partition coefficient (Wildman–Crippen LogP) is 4.25. The molecule has 0 saturated heterocycles. The lowest BCUT2D eigenvalue weighted by molar-refractivity contribution is -0.140. The second kappa shape index (κ2) is 10.9. The maximum Gasteiger partial charge on any atom is 0.434 e. The number of thiazole rings is 1. The van der Waals surface area contributed by atoms with Crippen molar-refractivity contribution in [2.24, 2.45) is 4.99 Å². The van der Waals surface area contributed by atoms with Crippen LogP contribution in [0, 0.1) is 0 Å². The molecule has 0 atom stereocenters. The van der Waals surface area contributed by atoms with E-state index in [9.17, 15) is 13.2 Å². The summed E-state index contributed by atoms with van der Waals surface area (Å²) < 4.78 is 43.4. The SMILES string of the molecule is CCCOc1cccc(CN=C(NCC)NCCc2nc(C(F)(F)F)cs2)c1. The van der Waals surface area contributed by atoms with Gasteiger partial charge in [0.25, 0.3) is 0 Å². The summed E-state index contributed by atoms with van der Waals surface area (Å²) in [5.74, 6) is 1.42. The molecule has 2 N–H and O–H groups in total. The Balaban J connectivity index is 1.89. The Bertz CT molecular complexity index is 762. The lowest BCUT2D eigenvalue weighted by Crippen LogP contribution is -2.38. The first-order valence-corrected chi connectivity index (χ1v) is 10.1. The molecule has 0 spiro atoms. The van der Waals surface area contributed by atoms with E-state index in [2.05, 4.69) is 27.5 Å². The molecule has 28 heavy (non-hydrogen) atoms. The second-order valence-corrected chi connectivity index (χ2v) is 6.93. The summed E-state index contributed by atoms with van der Waals surface area (Å²) in [4.78, 5) is 8.15. The number of benzene rings is 1. The first-order chi connectivity index (χ1) is 13.4. The van der Waals surface area contributed by atoms with Crippen LogP contribution in [0.1, 0.15) is 36.5 Å². The molecule has 0 bridgehead atoms. The van der Waals surface area contributed by atoms with E-state index in [0.717, 1.165) is 34.5 Å². The van der Waals surface area contributed by atoms with Gasteiger partial charge in [-0.1, -0.05) is 19.1 Å². The zero-order chi connectivity index (χ0) is 20.4. The summed E-state index contributed by atoms with van der Waals surface area (Å²) in [7, 11) is 0. The Morgan fingerprint density at radius 1 is 1.25 bits per heavy atom. The summed E-state index contributed by atoms with van der Waals surface area (Å²) in [5, 5.41) is 7.74. The molecule has 1 heterocycles. The van der Waals surface area contributed by atoms with Crippen molar-refractivity contribution >= 4 is 17.3 Å². The van der Waals surface area contributed by atoms with Gasteiger partial charge in [0.15, 0.2) is 11.7 Å². The average molecular weight is 414 g/mol. The zero-order valence-corrected chi connectivity index (χ0v) is 16.8. The number of nitrogens with zero attached hydrogens (tertiary/aromatic N) is 2. The number of hydrogen-bond acceptors (Lipinski definition) is 4. The Morgan fingerprint density at radius 3 is 2.75 bits per heavy atom. The van der Waals surface area contributed by atoms with E-state index in [0.29, 0.717) is 43.6 Å². The number of halogens is 3. The maximum atomic E-state index is 12.6. The van der Waals surface area contributed by atoms with Gasteiger partial charge in [0, 0.05) is 24.9 Å². The quantitative estimate of drug-likeness (QED) is 0.476. The molecule has 0 amide bonds. The van der Waals surface area contributed by atoms with Crippen LogP contribution >= 0.6 is 11.3 Å². The lowest BCUT2D eigenvalue weighted by Gasteiger charge is -2.11. The fraction of sp³-hybridized carbons (Fsp3) is 0.474. The first-order valence-electron chi connectivity index (χ1n) is 9.18. The van der Waals surface area contributed by atoms with Gasteiger partial charge in [-0.05, 0) is 31.0 Å². The first kappa shape index (κ1) is 22.0. The third-order valence-corrected chi connectivity index (χ3v) is 4.52. The highest BCUT2D eigenvalue weighted by molar-refractivity contribution is 7.09. The molecule has 0 saturated carbocycles. The summed E-state index contributed by atoms with van der Waals surface area (Å²) in [6.07, 6.45) is -3.06. The molecule has 2 aromatic rings. The number of hydrogen-bond donors (Lipinski definition) is 2. The number of ether oxygens (including phenoxy) is 1. The minimum absolute atomic E-state index is 0.394. The molecule has 0 aliphatic heterocycles. The standard InChI is InChI=1S/C19H25F3N4OS/c1-3-10-27-15-7-5-6-14(11-15)12-25-18(23-4-2)24-9-8-17-26-16(13-28-17)19(20,21)22/h5-7,11,13H,3-4,8-10,12H2,1-2H3,(H2,23,24,25). The molecular formula is C19H25F3N4OS. The van der Waals surface area contributed by atoms with Gasteiger partial charge in [0.2, 0.25) is 0 Å².